The van der Waals surface area contributed by atoms with E-state index in [-0.39, 0.29) is 58.4 Å². The van der Waals surface area contributed by atoms with Crippen molar-refractivity contribution in [1.29, 1.82) is 0 Å². The van der Waals surface area contributed by atoms with Crippen LogP contribution in [-0.4, -0.2) is 136 Å². The van der Waals surface area contributed by atoms with Crippen LogP contribution in [0.1, 0.15) is 56.6 Å². The highest BCUT2D eigenvalue weighted by atomic mass is 32.2. The van der Waals surface area contributed by atoms with Crippen LogP contribution in [0.15, 0.2) is 38.9 Å². The number of thioether (sulfide) groups is 1. The Hall–Kier alpha value is -5.78. The number of nitrogens with two attached hydrogens (primary N) is 1. The number of β-lactam (4-membered cyclic amide) rings is 1. The van der Waals surface area contributed by atoms with Gasteiger partial charge in [0.25, 0.3) is 17.7 Å². The summed E-state index contributed by atoms with van der Waals surface area (Å²) < 4.78 is 16.1. The largest absolute Gasteiger partial charge is 0.503 e. The number of likely N-dealkylation sites (N-methyl/N-ethyl adjacent to an activating group) is 1. The van der Waals surface area contributed by atoms with Gasteiger partial charge in [-0.15, -0.1) is 23.1 Å². The first-order valence-corrected chi connectivity index (χ1v) is 20.6. The summed E-state index contributed by atoms with van der Waals surface area (Å²) in [4.78, 5) is 88.5. The number of carbonyl (C=O) groups is 5. The molecule has 5 heterocycles. The van der Waals surface area contributed by atoms with Gasteiger partial charge in [0, 0.05) is 42.3 Å². The normalized spacial score (nSPS) is 21.4. The highest BCUT2D eigenvalue weighted by molar-refractivity contribution is 8.01. The van der Waals surface area contributed by atoms with Crippen molar-refractivity contribution in [3.63, 3.8) is 0 Å². The third kappa shape index (κ3) is 7.28. The number of anilines is 1. The fourth-order valence-corrected chi connectivity index (χ4v) is 9.92. The first-order chi connectivity index (χ1) is 28.2. The summed E-state index contributed by atoms with van der Waals surface area (Å²) in [6.45, 7) is 7.57. The number of phenols is 2. The predicted octanol–water partition coefficient (Wildman–Crippen LogP) is 0.911. The highest BCUT2D eigenvalue weighted by Crippen LogP contribution is 2.53. The summed E-state index contributed by atoms with van der Waals surface area (Å²) in [7, 11) is 1.51. The van der Waals surface area contributed by atoms with Crippen molar-refractivity contribution in [2.24, 2.45) is 5.16 Å². The van der Waals surface area contributed by atoms with Gasteiger partial charge in [-0.1, -0.05) is 5.16 Å². The average Bonchev–Trinajstić information content (AvgIpc) is 3.85. The van der Waals surface area contributed by atoms with Crippen LogP contribution in [0, 0.1) is 5.82 Å². The van der Waals surface area contributed by atoms with Crippen molar-refractivity contribution in [2.45, 2.75) is 63.2 Å². The van der Waals surface area contributed by atoms with Crippen molar-refractivity contribution < 1.29 is 58.1 Å². The Labute approximate surface area is 349 Å². The molecule has 23 heteroatoms. The van der Waals surface area contributed by atoms with E-state index >= 15 is 0 Å². The molecule has 0 saturated carbocycles. The molecule has 0 spiro atoms. The molecule has 3 aromatic rings. The number of fused-ring (bicyclic) bond motifs is 2. The van der Waals surface area contributed by atoms with Crippen LogP contribution < -0.4 is 27.1 Å². The number of nitrogen functional groups attached to an aromatic ring is 1. The van der Waals surface area contributed by atoms with E-state index in [1.54, 1.807) is 6.92 Å². The lowest BCUT2D eigenvalue weighted by atomic mass is 9.82. The van der Waals surface area contributed by atoms with Crippen LogP contribution in [0.25, 0.3) is 10.9 Å². The second-order valence-corrected chi connectivity index (χ2v) is 17.4. The number of aryl methyl sites for hydroxylation is 1. The first-order valence-electron chi connectivity index (χ1n) is 18.7. The zero-order valence-electron chi connectivity index (χ0n) is 33.3. The molecule has 60 heavy (non-hydrogen) atoms. The van der Waals surface area contributed by atoms with E-state index in [0.717, 1.165) is 35.1 Å². The van der Waals surface area contributed by atoms with E-state index < -0.39 is 74.3 Å². The number of carbonyl (C=O) groups excluding carboxylic acids is 3. The molecule has 0 bridgehead atoms. The number of nitrogens with zero attached hydrogens (tertiary/aromatic N) is 5. The molecular weight excluding hydrogens is 830 g/mol. The van der Waals surface area contributed by atoms with Gasteiger partial charge in [-0.3, -0.25) is 29.4 Å². The number of hydrogen-bond acceptors (Lipinski definition) is 15. The van der Waals surface area contributed by atoms with Gasteiger partial charge < -0.3 is 50.7 Å². The Morgan fingerprint density at radius 1 is 1.15 bits per heavy atom. The Balaban J connectivity index is 1.24. The molecule has 1 aromatic carbocycles. The molecular formula is C37H45FN9O11S2+. The number of phenolic OH excluding ortho intramolecular Hbond substituents is 2. The van der Waals surface area contributed by atoms with Crippen LogP contribution in [0.4, 0.5) is 9.52 Å². The number of nitrogens with one attached hydrogen (secondary N) is 3. The summed E-state index contributed by atoms with van der Waals surface area (Å²) in [6, 6.07) is 0.767. The van der Waals surface area contributed by atoms with Crippen LogP contribution in [0.2, 0.25) is 0 Å². The number of amides is 3. The number of carboxylic acid groups (broad SMARTS) is 2. The molecule has 3 amide bonds. The topological polar surface area (TPSA) is 288 Å². The smallest absolute Gasteiger partial charge is 0.352 e. The summed E-state index contributed by atoms with van der Waals surface area (Å²) in [5.41, 5.74) is 0.573. The predicted molar refractivity (Wildman–Crippen MR) is 217 cm³/mol. The van der Waals surface area contributed by atoms with Gasteiger partial charge in [0.15, 0.2) is 38.7 Å². The molecule has 2 saturated heterocycles. The Morgan fingerprint density at radius 3 is 2.42 bits per heavy atom. The minimum atomic E-state index is -1.85. The SMILES string of the molecule is CCn1cc(C(=O)NCC[N+]2(CC3=C(C(=O)O)N4C(=O)[C@](C)(NC(=O)/C(=N\OC(C)(C)C(=O)O)c5csc(N)n5)[C@@]4(NC)SC3)CCCC2)c(=O)c2cc(F)c(O)c(O)c21. The zero-order chi connectivity index (χ0) is 44.1. The maximum absolute atomic E-state index is 14.3. The third-order valence-electron chi connectivity index (χ3n) is 11.2. The molecule has 3 aliphatic heterocycles. The minimum absolute atomic E-state index is 0.0467. The minimum Gasteiger partial charge on any atom is -0.503 e. The van der Waals surface area contributed by atoms with E-state index in [0.29, 0.717) is 29.7 Å². The van der Waals surface area contributed by atoms with Crippen LogP contribution in [0.5, 0.6) is 11.5 Å². The average molecular weight is 875 g/mol. The number of thiazole rings is 1. The van der Waals surface area contributed by atoms with E-state index in [9.17, 15) is 53.6 Å². The molecule has 6 rings (SSSR count). The molecule has 0 unspecified atom stereocenters. The number of likely N-dealkylation sites (tertiary alicyclic amines) is 1. The number of quaternary nitrogens is 1. The number of pyridine rings is 1. The van der Waals surface area contributed by atoms with Crippen molar-refractivity contribution in [1.82, 2.24) is 30.4 Å². The molecule has 0 radical (unpaired) electrons. The molecule has 20 nitrogen and oxygen atoms in total. The first kappa shape index (κ1) is 43.8. The number of benzene rings is 1. The lowest BCUT2D eigenvalue weighted by Crippen LogP contribution is -2.89. The quantitative estimate of drug-likeness (QED) is 0.0346. The lowest BCUT2D eigenvalue weighted by molar-refractivity contribution is -0.911. The number of rotatable bonds is 15. The Bertz CT molecular complexity index is 2450. The number of carboxylic acids is 2. The standard InChI is InChI=1S/C37H44FN9O11S2/c1-6-45-14-20(26(48)19-13-21(38)27(49)28(50)25(19)45)29(51)41-9-12-47(10-7-8-11-47)15-18-16-60-37(40-5)36(4,32(55)46(37)24(18)31(53)54)43-30(52)23(22-17-59-34(39)42-22)44-58-35(2,3)33(56)57/h13-14,17,40H,6-12,15-16H2,1-5H3,(H7-,39,41,42,43,44,48,49,50,51,52,53,54,56,57)/p+1/t36-,37-/m0/s1. The van der Waals surface area contributed by atoms with Gasteiger partial charge in [-0.25, -0.2) is 19.0 Å². The van der Waals surface area contributed by atoms with Gasteiger partial charge in [0.2, 0.25) is 11.0 Å². The second kappa shape index (κ2) is 16.0. The fourth-order valence-electron chi connectivity index (χ4n) is 7.88. The molecule has 2 fully saturated rings. The van der Waals surface area contributed by atoms with Crippen molar-refractivity contribution in [3.05, 3.63) is 56.2 Å². The summed E-state index contributed by atoms with van der Waals surface area (Å²) in [5.74, 6) is -8.15. The Kier molecular flexibility index (Phi) is 11.7. The molecule has 2 aromatic heterocycles. The van der Waals surface area contributed by atoms with E-state index in [4.69, 9.17) is 10.6 Å². The number of aromatic nitrogens is 2. The fraction of sp³-hybridized carbons (Fsp3) is 0.459. The zero-order valence-corrected chi connectivity index (χ0v) is 34.9. The summed E-state index contributed by atoms with van der Waals surface area (Å²) >= 11 is 2.18. The van der Waals surface area contributed by atoms with Gasteiger partial charge in [0.05, 0.1) is 37.1 Å². The van der Waals surface area contributed by atoms with Crippen LogP contribution in [0.3, 0.4) is 0 Å². The van der Waals surface area contributed by atoms with Crippen molar-refractivity contribution >= 4 is 74.5 Å². The van der Waals surface area contributed by atoms with Gasteiger partial charge >= 0.3 is 11.9 Å². The number of halogens is 1. The highest BCUT2D eigenvalue weighted by Gasteiger charge is 2.73. The molecule has 0 aliphatic carbocycles. The van der Waals surface area contributed by atoms with E-state index in [1.807, 2.05) is 0 Å². The number of oxime groups is 1. The molecule has 2 atom stereocenters. The molecule has 9 N–H and O–H groups in total. The Morgan fingerprint density at radius 2 is 1.83 bits per heavy atom. The van der Waals surface area contributed by atoms with Gasteiger partial charge in [0.1, 0.15) is 23.5 Å². The second-order valence-electron chi connectivity index (χ2n) is 15.3. The van der Waals surface area contributed by atoms with Gasteiger partial charge in [-0.05, 0) is 40.8 Å². The monoisotopic (exact) mass is 874 g/mol. The van der Waals surface area contributed by atoms with Crippen LogP contribution in [-0.2, 0) is 30.6 Å². The van der Waals surface area contributed by atoms with Gasteiger partial charge in [-0.2, -0.15) is 0 Å². The summed E-state index contributed by atoms with van der Waals surface area (Å²) in [5, 5.41) is 53.9. The van der Waals surface area contributed by atoms with E-state index in [1.165, 1.54) is 55.7 Å². The summed E-state index contributed by atoms with van der Waals surface area (Å²) in [6.07, 6.45) is 2.84. The maximum atomic E-state index is 14.3. The van der Waals surface area contributed by atoms with Crippen molar-refractivity contribution in [2.75, 3.05) is 51.3 Å². The number of aliphatic carboxylic acids is 2. The van der Waals surface area contributed by atoms with Crippen molar-refractivity contribution in [3.8, 4) is 11.5 Å². The molecule has 322 valence electrons. The lowest BCUT2D eigenvalue weighted by Gasteiger charge is -2.64. The maximum Gasteiger partial charge on any atom is 0.352 e. The number of hydrogen-bond donors (Lipinski definition) is 8. The number of aromatic hydroxyl groups is 2. The van der Waals surface area contributed by atoms with E-state index in [2.05, 4.69) is 26.1 Å². The third-order valence-corrected chi connectivity index (χ3v) is 13.5. The van der Waals surface area contributed by atoms with Crippen LogP contribution >= 0.6 is 23.1 Å². The molecule has 3 aliphatic rings.